The zero-order valence-electron chi connectivity index (χ0n) is 10.9. The van der Waals surface area contributed by atoms with Crippen molar-refractivity contribution in [3.63, 3.8) is 0 Å². The van der Waals surface area contributed by atoms with Crippen LogP contribution in [0.1, 0.15) is 27.2 Å². The van der Waals surface area contributed by atoms with Crippen molar-refractivity contribution in [2.75, 3.05) is 6.61 Å². The van der Waals surface area contributed by atoms with E-state index in [1.807, 2.05) is 0 Å². The first-order valence-electron chi connectivity index (χ1n) is 5.79. The molecule has 1 saturated heterocycles. The molecule has 16 heavy (non-hydrogen) atoms. The third-order valence-electron chi connectivity index (χ3n) is 3.62. The SMILES string of the molecule is CC(C)(C)[Si](C)(C)OC[C@H]1O[C@H](O)C[C@@H]1O. The Morgan fingerprint density at radius 3 is 2.25 bits per heavy atom. The van der Waals surface area contributed by atoms with Crippen LogP contribution in [0.4, 0.5) is 0 Å². The van der Waals surface area contributed by atoms with Crippen LogP contribution >= 0.6 is 0 Å². The lowest BCUT2D eigenvalue weighted by Gasteiger charge is -2.37. The van der Waals surface area contributed by atoms with E-state index in [-0.39, 0.29) is 17.6 Å². The first-order chi connectivity index (χ1) is 7.13. The van der Waals surface area contributed by atoms with Crippen LogP contribution in [-0.2, 0) is 9.16 Å². The average molecular weight is 248 g/mol. The van der Waals surface area contributed by atoms with Crippen LogP contribution in [0.15, 0.2) is 0 Å². The van der Waals surface area contributed by atoms with Gasteiger partial charge in [0.25, 0.3) is 0 Å². The maximum absolute atomic E-state index is 9.61. The molecule has 1 heterocycles. The van der Waals surface area contributed by atoms with Gasteiger partial charge in [0.05, 0.1) is 12.7 Å². The van der Waals surface area contributed by atoms with Gasteiger partial charge in [0.15, 0.2) is 14.6 Å². The monoisotopic (exact) mass is 248 g/mol. The van der Waals surface area contributed by atoms with Crippen LogP contribution < -0.4 is 0 Å². The van der Waals surface area contributed by atoms with Crippen molar-refractivity contribution in [1.82, 2.24) is 0 Å². The average Bonchev–Trinajstić information content (AvgIpc) is 2.39. The minimum atomic E-state index is -1.80. The molecule has 4 nitrogen and oxygen atoms in total. The predicted molar refractivity (Wildman–Crippen MR) is 64.7 cm³/mol. The Hall–Kier alpha value is 0.0569. The highest BCUT2D eigenvalue weighted by atomic mass is 28.4. The maximum atomic E-state index is 9.61. The highest BCUT2D eigenvalue weighted by Crippen LogP contribution is 2.37. The van der Waals surface area contributed by atoms with E-state index in [4.69, 9.17) is 9.16 Å². The van der Waals surface area contributed by atoms with Gasteiger partial charge in [-0.1, -0.05) is 20.8 Å². The van der Waals surface area contributed by atoms with E-state index in [1.165, 1.54) is 0 Å². The summed E-state index contributed by atoms with van der Waals surface area (Å²) in [6.45, 7) is 11.2. The molecule has 1 aliphatic rings. The van der Waals surface area contributed by atoms with E-state index in [2.05, 4.69) is 33.9 Å². The van der Waals surface area contributed by atoms with Crippen LogP contribution in [0.2, 0.25) is 18.1 Å². The molecule has 0 aromatic heterocycles. The molecule has 3 atom stereocenters. The van der Waals surface area contributed by atoms with E-state index in [1.54, 1.807) is 0 Å². The standard InChI is InChI=1S/C11H24O4Si/c1-11(2,3)16(4,5)14-7-9-8(12)6-10(13)15-9/h8-10,12-13H,6-7H2,1-5H3/t8-,9+,10-/m0/s1. The van der Waals surface area contributed by atoms with E-state index in [0.717, 1.165) is 0 Å². The number of hydrogen-bond acceptors (Lipinski definition) is 4. The smallest absolute Gasteiger partial charge is 0.192 e. The van der Waals surface area contributed by atoms with Crippen LogP contribution in [0.25, 0.3) is 0 Å². The molecule has 0 aromatic rings. The van der Waals surface area contributed by atoms with Gasteiger partial charge in [-0.05, 0) is 18.1 Å². The summed E-state index contributed by atoms with van der Waals surface area (Å²) >= 11 is 0. The second-order valence-corrected chi connectivity index (χ2v) is 10.8. The molecule has 0 spiro atoms. The van der Waals surface area contributed by atoms with Gasteiger partial charge in [0.2, 0.25) is 0 Å². The molecule has 0 aliphatic carbocycles. The summed E-state index contributed by atoms with van der Waals surface area (Å²) in [6.07, 6.45) is -1.56. The lowest BCUT2D eigenvalue weighted by molar-refractivity contribution is -0.106. The maximum Gasteiger partial charge on any atom is 0.192 e. The lowest BCUT2D eigenvalue weighted by Crippen LogP contribution is -2.43. The third-order valence-corrected chi connectivity index (χ3v) is 8.12. The highest BCUT2D eigenvalue weighted by Gasteiger charge is 2.40. The number of ether oxygens (including phenoxy) is 1. The molecule has 1 rings (SSSR count). The Labute approximate surface area is 98.7 Å². The van der Waals surface area contributed by atoms with Crippen molar-refractivity contribution in [2.45, 2.75) is 63.8 Å². The van der Waals surface area contributed by atoms with Crippen molar-refractivity contribution in [1.29, 1.82) is 0 Å². The van der Waals surface area contributed by atoms with Crippen LogP contribution in [0.5, 0.6) is 0 Å². The van der Waals surface area contributed by atoms with Gasteiger partial charge in [-0.25, -0.2) is 0 Å². The van der Waals surface area contributed by atoms with Crippen LogP contribution in [-0.4, -0.2) is 43.6 Å². The Morgan fingerprint density at radius 1 is 1.31 bits per heavy atom. The third kappa shape index (κ3) is 3.27. The molecule has 0 bridgehead atoms. The van der Waals surface area contributed by atoms with E-state index in [9.17, 15) is 10.2 Å². The molecule has 2 N–H and O–H groups in total. The predicted octanol–water partition coefficient (Wildman–Crippen LogP) is 1.48. The van der Waals surface area contributed by atoms with E-state index in [0.29, 0.717) is 6.61 Å². The molecule has 0 amide bonds. The van der Waals surface area contributed by atoms with Gasteiger partial charge in [0.1, 0.15) is 6.10 Å². The Balaban J connectivity index is 2.46. The summed E-state index contributed by atoms with van der Waals surface area (Å²) < 4.78 is 11.1. The fraction of sp³-hybridized carbons (Fsp3) is 1.00. The second kappa shape index (κ2) is 4.74. The number of rotatable bonds is 3. The number of hydrogen-bond donors (Lipinski definition) is 2. The summed E-state index contributed by atoms with van der Waals surface area (Å²) in [5.74, 6) is 0. The molecule has 0 aromatic carbocycles. The molecular weight excluding hydrogens is 224 g/mol. The summed E-state index contributed by atoms with van der Waals surface area (Å²) in [6, 6.07) is 0. The summed E-state index contributed by atoms with van der Waals surface area (Å²) in [7, 11) is -1.80. The van der Waals surface area contributed by atoms with Gasteiger partial charge in [-0.3, -0.25) is 0 Å². The molecule has 0 saturated carbocycles. The molecule has 1 aliphatic heterocycles. The van der Waals surface area contributed by atoms with Crippen LogP contribution in [0, 0.1) is 0 Å². The first-order valence-corrected chi connectivity index (χ1v) is 8.70. The van der Waals surface area contributed by atoms with Crippen molar-refractivity contribution in [3.05, 3.63) is 0 Å². The largest absolute Gasteiger partial charge is 0.414 e. The van der Waals surface area contributed by atoms with E-state index >= 15 is 0 Å². The minimum absolute atomic E-state index is 0.148. The fourth-order valence-electron chi connectivity index (χ4n) is 1.36. The van der Waals surface area contributed by atoms with Crippen molar-refractivity contribution in [2.24, 2.45) is 0 Å². The summed E-state index contributed by atoms with van der Waals surface area (Å²) in [5, 5.41) is 19.0. The fourth-order valence-corrected chi connectivity index (χ4v) is 2.38. The zero-order valence-corrected chi connectivity index (χ0v) is 11.9. The van der Waals surface area contributed by atoms with Crippen molar-refractivity contribution in [3.8, 4) is 0 Å². The molecule has 5 heteroatoms. The Morgan fingerprint density at radius 2 is 1.88 bits per heavy atom. The lowest BCUT2D eigenvalue weighted by atomic mass is 10.2. The topological polar surface area (TPSA) is 58.9 Å². The molecule has 96 valence electrons. The van der Waals surface area contributed by atoms with Crippen molar-refractivity contribution < 1.29 is 19.4 Å². The summed E-state index contributed by atoms with van der Waals surface area (Å²) in [4.78, 5) is 0. The van der Waals surface area contributed by atoms with Gasteiger partial charge >= 0.3 is 0 Å². The molecule has 1 fully saturated rings. The van der Waals surface area contributed by atoms with Gasteiger partial charge in [-0.2, -0.15) is 0 Å². The van der Waals surface area contributed by atoms with Gasteiger partial charge in [0, 0.05) is 6.42 Å². The minimum Gasteiger partial charge on any atom is -0.414 e. The molecular formula is C11H24O4Si. The Kier molecular flexibility index (Phi) is 4.18. The second-order valence-electron chi connectivity index (χ2n) is 6.00. The quantitative estimate of drug-likeness (QED) is 0.743. The summed E-state index contributed by atoms with van der Waals surface area (Å²) in [5.41, 5.74) is 0. The van der Waals surface area contributed by atoms with E-state index < -0.39 is 20.7 Å². The molecule has 0 unspecified atom stereocenters. The van der Waals surface area contributed by atoms with Gasteiger partial charge < -0.3 is 19.4 Å². The van der Waals surface area contributed by atoms with Crippen LogP contribution in [0.3, 0.4) is 0 Å². The number of aliphatic hydroxyl groups is 2. The molecule has 0 radical (unpaired) electrons. The highest BCUT2D eigenvalue weighted by molar-refractivity contribution is 6.74. The van der Waals surface area contributed by atoms with Gasteiger partial charge in [-0.15, -0.1) is 0 Å². The van der Waals surface area contributed by atoms with Crippen molar-refractivity contribution >= 4 is 8.32 Å². The zero-order chi connectivity index (χ0) is 12.6. The number of aliphatic hydroxyl groups excluding tert-OH is 2. The Bertz CT molecular complexity index is 237. The first kappa shape index (κ1) is 14.1. The normalized spacial score (nSPS) is 32.1.